The molecule has 0 N–H and O–H groups in total. The first-order chi connectivity index (χ1) is 15.6. The van der Waals surface area contributed by atoms with Gasteiger partial charge in [-0.3, -0.25) is 14.7 Å². The van der Waals surface area contributed by atoms with Gasteiger partial charge >= 0.3 is 0 Å². The molecule has 32 heavy (non-hydrogen) atoms. The fourth-order valence-electron chi connectivity index (χ4n) is 4.92. The van der Waals surface area contributed by atoms with Gasteiger partial charge in [0, 0.05) is 56.1 Å². The van der Waals surface area contributed by atoms with Gasteiger partial charge in [0.15, 0.2) is 5.60 Å². The van der Waals surface area contributed by atoms with Gasteiger partial charge < -0.3 is 9.64 Å². The average Bonchev–Trinajstić information content (AvgIpc) is 3.18. The summed E-state index contributed by atoms with van der Waals surface area (Å²) in [5, 5.41) is 0.724. The Morgan fingerprint density at radius 3 is 2.53 bits per heavy atom. The quantitative estimate of drug-likeness (QED) is 0.590. The van der Waals surface area contributed by atoms with Crippen LogP contribution in [0.4, 0.5) is 0 Å². The summed E-state index contributed by atoms with van der Waals surface area (Å²) in [5.74, 6) is -0.00497. The molecule has 0 bridgehead atoms. The summed E-state index contributed by atoms with van der Waals surface area (Å²) < 4.78 is 6.38. The van der Waals surface area contributed by atoms with Crippen molar-refractivity contribution in [3.05, 3.63) is 101 Å². The zero-order valence-corrected chi connectivity index (χ0v) is 18.6. The van der Waals surface area contributed by atoms with Crippen molar-refractivity contribution >= 4 is 17.5 Å². The first-order valence-corrected chi connectivity index (χ1v) is 11.4. The van der Waals surface area contributed by atoms with Crippen molar-refractivity contribution in [1.29, 1.82) is 0 Å². The smallest absolute Gasteiger partial charge is 0.257 e. The first-order valence-electron chi connectivity index (χ1n) is 11.0. The normalized spacial score (nSPS) is 23.7. The van der Waals surface area contributed by atoms with E-state index in [0.717, 1.165) is 29.2 Å². The van der Waals surface area contributed by atoms with E-state index in [2.05, 4.69) is 28.1 Å². The summed E-state index contributed by atoms with van der Waals surface area (Å²) in [6, 6.07) is 22.0. The lowest BCUT2D eigenvalue weighted by Crippen LogP contribution is -2.59. The number of morpholine rings is 1. The second-order valence-corrected chi connectivity index (χ2v) is 9.02. The van der Waals surface area contributed by atoms with Crippen molar-refractivity contribution in [2.75, 3.05) is 26.2 Å². The van der Waals surface area contributed by atoms with Crippen LogP contribution in [0.25, 0.3) is 0 Å². The minimum atomic E-state index is -0.900. The molecule has 3 heterocycles. The van der Waals surface area contributed by atoms with Crippen molar-refractivity contribution in [3.8, 4) is 0 Å². The molecule has 2 atom stereocenters. The Bertz CT molecular complexity index is 1060. The van der Waals surface area contributed by atoms with Crippen LogP contribution < -0.4 is 0 Å². The highest BCUT2D eigenvalue weighted by Gasteiger charge is 2.56. The number of pyridine rings is 1. The fraction of sp³-hybridized carbons (Fsp3) is 0.308. The number of hydrogen-bond acceptors (Lipinski definition) is 4. The lowest BCUT2D eigenvalue weighted by atomic mass is 9.83. The number of rotatable bonds is 5. The highest BCUT2D eigenvalue weighted by molar-refractivity contribution is 6.30. The molecule has 0 radical (unpaired) electrons. The van der Waals surface area contributed by atoms with Gasteiger partial charge in [0.1, 0.15) is 0 Å². The van der Waals surface area contributed by atoms with E-state index in [1.807, 2.05) is 59.6 Å². The number of likely N-dealkylation sites (tertiary alicyclic amines) is 1. The van der Waals surface area contributed by atoms with Crippen LogP contribution in [-0.2, 0) is 22.6 Å². The van der Waals surface area contributed by atoms with Gasteiger partial charge in [0.05, 0.1) is 6.61 Å². The van der Waals surface area contributed by atoms with Gasteiger partial charge in [-0.15, -0.1) is 0 Å². The standard InChI is InChI=1S/C26H26ClN3O2/c27-23-10-8-21(9-11-23)16-29-18-24(22-7-4-12-28-15-22)26(19-29)25(31)30(13-14-32-26)17-20-5-2-1-3-6-20/h1-12,15,24H,13-14,16-19H2/t24-,26+/m1/s1. The predicted molar refractivity (Wildman–Crippen MR) is 124 cm³/mol. The lowest BCUT2D eigenvalue weighted by molar-refractivity contribution is -0.173. The molecule has 1 spiro atoms. The Labute approximate surface area is 193 Å². The summed E-state index contributed by atoms with van der Waals surface area (Å²) in [6.07, 6.45) is 3.63. The molecule has 0 saturated carbocycles. The van der Waals surface area contributed by atoms with Crippen molar-refractivity contribution in [2.45, 2.75) is 24.6 Å². The summed E-state index contributed by atoms with van der Waals surface area (Å²) in [6.45, 7) is 3.77. The summed E-state index contributed by atoms with van der Waals surface area (Å²) in [4.78, 5) is 22.5. The Balaban J connectivity index is 1.44. The zero-order valence-electron chi connectivity index (χ0n) is 17.9. The number of halogens is 1. The SMILES string of the molecule is O=C1N(Cc2ccccc2)CCO[C@]12CN(Cc1ccc(Cl)cc1)C[C@@H]2c1cccnc1. The van der Waals surface area contributed by atoms with Crippen molar-refractivity contribution in [1.82, 2.24) is 14.8 Å². The van der Waals surface area contributed by atoms with Gasteiger partial charge in [-0.1, -0.05) is 60.1 Å². The van der Waals surface area contributed by atoms with Crippen molar-refractivity contribution in [2.24, 2.45) is 0 Å². The number of carbonyl (C=O) groups is 1. The molecule has 2 aliphatic rings. The predicted octanol–water partition coefficient (Wildman–Crippen LogP) is 4.13. The van der Waals surface area contributed by atoms with E-state index in [-0.39, 0.29) is 11.8 Å². The first kappa shape index (κ1) is 21.1. The minimum Gasteiger partial charge on any atom is -0.361 e. The highest BCUT2D eigenvalue weighted by Crippen LogP contribution is 2.42. The fourth-order valence-corrected chi connectivity index (χ4v) is 5.05. The van der Waals surface area contributed by atoms with Crippen molar-refractivity contribution in [3.63, 3.8) is 0 Å². The summed E-state index contributed by atoms with van der Waals surface area (Å²) in [7, 11) is 0. The second-order valence-electron chi connectivity index (χ2n) is 8.59. The van der Waals surface area contributed by atoms with Crippen LogP contribution in [-0.4, -0.2) is 52.5 Å². The second kappa shape index (κ2) is 9.02. The summed E-state index contributed by atoms with van der Waals surface area (Å²) >= 11 is 6.06. The average molecular weight is 448 g/mol. The van der Waals surface area contributed by atoms with E-state index in [1.165, 1.54) is 5.56 Å². The maximum atomic E-state index is 13.9. The van der Waals surface area contributed by atoms with E-state index in [0.29, 0.717) is 26.2 Å². The molecule has 0 aliphatic carbocycles. The summed E-state index contributed by atoms with van der Waals surface area (Å²) in [5.41, 5.74) is 2.44. The molecule has 3 aromatic rings. The topological polar surface area (TPSA) is 45.7 Å². The number of nitrogens with zero attached hydrogens (tertiary/aromatic N) is 3. The Morgan fingerprint density at radius 2 is 1.78 bits per heavy atom. The minimum absolute atomic E-state index is 0.0695. The number of aromatic nitrogens is 1. The molecular weight excluding hydrogens is 422 g/mol. The molecule has 2 fully saturated rings. The third kappa shape index (κ3) is 4.16. The van der Waals surface area contributed by atoms with E-state index in [4.69, 9.17) is 16.3 Å². The molecule has 1 aromatic heterocycles. The van der Waals surface area contributed by atoms with Crippen LogP contribution in [0.5, 0.6) is 0 Å². The molecule has 6 heteroatoms. The largest absolute Gasteiger partial charge is 0.361 e. The number of amides is 1. The monoisotopic (exact) mass is 447 g/mol. The molecule has 0 unspecified atom stereocenters. The number of benzene rings is 2. The maximum absolute atomic E-state index is 13.9. The van der Waals surface area contributed by atoms with Gasteiger partial charge in [-0.2, -0.15) is 0 Å². The molecule has 5 rings (SSSR count). The van der Waals surface area contributed by atoms with E-state index >= 15 is 0 Å². The van der Waals surface area contributed by atoms with Gasteiger partial charge in [0.25, 0.3) is 5.91 Å². The van der Waals surface area contributed by atoms with E-state index in [9.17, 15) is 4.79 Å². The number of carbonyl (C=O) groups excluding carboxylic acids is 1. The highest BCUT2D eigenvalue weighted by atomic mass is 35.5. The Morgan fingerprint density at radius 1 is 1.00 bits per heavy atom. The number of ether oxygens (including phenoxy) is 1. The molecule has 164 valence electrons. The van der Waals surface area contributed by atoms with Crippen LogP contribution in [0.3, 0.4) is 0 Å². The van der Waals surface area contributed by atoms with Gasteiger partial charge in [-0.05, 0) is 34.9 Å². The van der Waals surface area contributed by atoms with Crippen LogP contribution in [0.15, 0.2) is 79.1 Å². The van der Waals surface area contributed by atoms with E-state index < -0.39 is 5.60 Å². The molecule has 2 saturated heterocycles. The molecule has 1 amide bonds. The maximum Gasteiger partial charge on any atom is 0.257 e. The molecular formula is C26H26ClN3O2. The van der Waals surface area contributed by atoms with Gasteiger partial charge in [-0.25, -0.2) is 0 Å². The Hall–Kier alpha value is -2.73. The molecule has 2 aliphatic heterocycles. The lowest BCUT2D eigenvalue weighted by Gasteiger charge is -2.42. The number of hydrogen-bond donors (Lipinski definition) is 0. The van der Waals surface area contributed by atoms with E-state index in [1.54, 1.807) is 6.20 Å². The third-order valence-corrected chi connectivity index (χ3v) is 6.71. The zero-order chi connectivity index (χ0) is 22.0. The molecule has 2 aromatic carbocycles. The van der Waals surface area contributed by atoms with Crippen LogP contribution >= 0.6 is 11.6 Å². The molecule has 5 nitrogen and oxygen atoms in total. The van der Waals surface area contributed by atoms with Crippen LogP contribution in [0.2, 0.25) is 5.02 Å². The third-order valence-electron chi connectivity index (χ3n) is 6.45. The van der Waals surface area contributed by atoms with Crippen LogP contribution in [0, 0.1) is 0 Å². The Kier molecular flexibility index (Phi) is 5.96. The van der Waals surface area contributed by atoms with Crippen LogP contribution in [0.1, 0.15) is 22.6 Å². The van der Waals surface area contributed by atoms with Crippen molar-refractivity contribution < 1.29 is 9.53 Å². The van der Waals surface area contributed by atoms with Gasteiger partial charge in [0.2, 0.25) is 0 Å².